The molecule has 3 heterocycles. The first kappa shape index (κ1) is 18.7. The molecule has 2 aliphatic rings. The molecule has 2 aromatic carbocycles. The van der Waals surface area contributed by atoms with Crippen LogP contribution in [0.25, 0.3) is 22.0 Å². The first-order valence-electron chi connectivity index (χ1n) is 10.1. The Morgan fingerprint density at radius 3 is 2.73 bits per heavy atom. The maximum Gasteiger partial charge on any atom is 0.231 e. The third kappa shape index (κ3) is 2.48. The predicted molar refractivity (Wildman–Crippen MR) is 118 cm³/mol. The Morgan fingerprint density at radius 1 is 1.13 bits per heavy atom. The number of carbonyl (C=O) groups is 1. The molecule has 5 nitrogen and oxygen atoms in total. The lowest BCUT2D eigenvalue weighted by Gasteiger charge is -2.44. The zero-order valence-corrected chi connectivity index (χ0v) is 17.4. The molecule has 2 aliphatic heterocycles. The molecule has 1 atom stereocenters. The van der Waals surface area contributed by atoms with Gasteiger partial charge in [-0.25, -0.2) is 0 Å². The van der Waals surface area contributed by atoms with Crippen molar-refractivity contribution >= 4 is 22.4 Å². The average molecular weight is 400 g/mol. The van der Waals surface area contributed by atoms with Gasteiger partial charge in [-0.15, -0.1) is 6.58 Å². The first-order valence-corrected chi connectivity index (χ1v) is 10.1. The quantitative estimate of drug-likeness (QED) is 0.610. The van der Waals surface area contributed by atoms with Crippen LogP contribution in [0, 0.1) is 0 Å². The number of carbonyl (C=O) groups excluding carboxylic acids is 1. The highest BCUT2D eigenvalue weighted by atomic mass is 16.7. The number of hydrogen-bond acceptors (Lipinski definition) is 5. The number of pyridine rings is 1. The van der Waals surface area contributed by atoms with E-state index < -0.39 is 11.0 Å². The molecule has 0 amide bonds. The third-order valence-electron chi connectivity index (χ3n) is 6.23. The van der Waals surface area contributed by atoms with Crippen LogP contribution >= 0.6 is 0 Å². The van der Waals surface area contributed by atoms with Crippen LogP contribution in [0.4, 0.5) is 5.69 Å². The minimum Gasteiger partial charge on any atom is -0.453 e. The molecule has 0 fully saturated rings. The summed E-state index contributed by atoms with van der Waals surface area (Å²) in [7, 11) is 0. The number of rotatable bonds is 3. The number of nitrogens with zero attached hydrogens (tertiary/aromatic N) is 1. The monoisotopic (exact) mass is 400 g/mol. The predicted octanol–water partition coefficient (Wildman–Crippen LogP) is 5.24. The Kier molecular flexibility index (Phi) is 3.94. The molecule has 152 valence electrons. The number of fused-ring (bicyclic) bond motifs is 4. The molecule has 0 bridgehead atoms. The lowest BCUT2D eigenvalue weighted by molar-refractivity contribution is -0.128. The molecular formula is C25H24N2O3. The Hall–Kier alpha value is -3.34. The van der Waals surface area contributed by atoms with Crippen molar-refractivity contribution in [3.05, 3.63) is 60.8 Å². The number of benzene rings is 2. The zero-order valence-electron chi connectivity index (χ0n) is 17.4. The topological polar surface area (TPSA) is 60.5 Å². The van der Waals surface area contributed by atoms with Gasteiger partial charge in [0.25, 0.3) is 0 Å². The highest BCUT2D eigenvalue weighted by molar-refractivity contribution is 6.06. The number of ether oxygens (including phenoxy) is 2. The number of Topliss-reactive ketones (excluding diaryl/α,β-unsaturated/α-hetero) is 1. The van der Waals surface area contributed by atoms with Gasteiger partial charge in [-0.2, -0.15) is 0 Å². The molecule has 0 spiro atoms. The number of nitrogens with one attached hydrogen (secondary N) is 1. The number of ketones is 1. The van der Waals surface area contributed by atoms with E-state index in [1.54, 1.807) is 6.20 Å². The van der Waals surface area contributed by atoms with E-state index in [2.05, 4.69) is 35.1 Å². The van der Waals surface area contributed by atoms with Gasteiger partial charge in [0.2, 0.25) is 6.79 Å². The van der Waals surface area contributed by atoms with Crippen molar-refractivity contribution in [3.63, 3.8) is 0 Å². The van der Waals surface area contributed by atoms with Gasteiger partial charge in [-0.1, -0.05) is 24.3 Å². The van der Waals surface area contributed by atoms with Crippen LogP contribution in [0.5, 0.6) is 11.5 Å². The highest BCUT2D eigenvalue weighted by Crippen LogP contribution is 2.55. The average Bonchev–Trinajstić information content (AvgIpc) is 3.22. The summed E-state index contributed by atoms with van der Waals surface area (Å²) < 4.78 is 11.9. The van der Waals surface area contributed by atoms with Gasteiger partial charge in [0.15, 0.2) is 17.3 Å². The van der Waals surface area contributed by atoms with Crippen molar-refractivity contribution in [2.75, 3.05) is 12.1 Å². The molecule has 30 heavy (non-hydrogen) atoms. The maximum atomic E-state index is 13.5. The number of hydrogen-bond donors (Lipinski definition) is 1. The van der Waals surface area contributed by atoms with Gasteiger partial charge in [0.1, 0.15) is 0 Å². The van der Waals surface area contributed by atoms with E-state index in [1.165, 1.54) is 0 Å². The normalized spacial score (nSPS) is 21.2. The van der Waals surface area contributed by atoms with E-state index >= 15 is 0 Å². The number of aromatic nitrogens is 1. The van der Waals surface area contributed by atoms with Crippen LogP contribution in [0.15, 0.2) is 55.3 Å². The molecule has 0 radical (unpaired) electrons. The molecule has 3 aromatic rings. The molecule has 0 saturated heterocycles. The smallest absolute Gasteiger partial charge is 0.231 e. The summed E-state index contributed by atoms with van der Waals surface area (Å²) in [6.07, 6.45) is 4.14. The van der Waals surface area contributed by atoms with Gasteiger partial charge in [0.05, 0.1) is 22.2 Å². The van der Waals surface area contributed by atoms with Crippen LogP contribution in [0.1, 0.15) is 32.8 Å². The van der Waals surface area contributed by atoms with Gasteiger partial charge in [-0.05, 0) is 56.5 Å². The van der Waals surface area contributed by atoms with E-state index in [1.807, 2.05) is 45.0 Å². The lowest BCUT2D eigenvalue weighted by Crippen LogP contribution is -2.54. The van der Waals surface area contributed by atoms with E-state index in [0.717, 1.165) is 33.3 Å². The molecule has 1 N–H and O–H groups in total. The molecular weight excluding hydrogens is 376 g/mol. The fourth-order valence-electron chi connectivity index (χ4n) is 4.84. The molecule has 5 rings (SSSR count). The molecule has 1 unspecified atom stereocenters. The minimum atomic E-state index is -0.727. The second kappa shape index (κ2) is 6.33. The standard InChI is InChI=1S/C25H24N2O3/c1-5-11-25(4)18-13-17(15-8-6-10-19-16(15)9-7-12-26-19)21-22(30-14-29-21)20(18)27-24(2,3)23(25)28/h5-10,12-13,27H,1,11,14H2,2-4H3. The van der Waals surface area contributed by atoms with Crippen molar-refractivity contribution in [1.82, 2.24) is 4.98 Å². The van der Waals surface area contributed by atoms with Crippen molar-refractivity contribution in [2.45, 2.75) is 38.1 Å². The fourth-order valence-corrected chi connectivity index (χ4v) is 4.84. The van der Waals surface area contributed by atoms with Crippen LogP contribution in [-0.2, 0) is 10.2 Å². The summed E-state index contributed by atoms with van der Waals surface area (Å²) in [4.78, 5) is 18.0. The largest absolute Gasteiger partial charge is 0.453 e. The molecule has 0 aliphatic carbocycles. The van der Waals surface area contributed by atoms with E-state index in [-0.39, 0.29) is 12.6 Å². The summed E-state index contributed by atoms with van der Waals surface area (Å²) >= 11 is 0. The second-order valence-electron chi connectivity index (χ2n) is 8.69. The van der Waals surface area contributed by atoms with Gasteiger partial charge >= 0.3 is 0 Å². The van der Waals surface area contributed by atoms with E-state index in [0.29, 0.717) is 17.9 Å². The van der Waals surface area contributed by atoms with Crippen molar-refractivity contribution in [1.29, 1.82) is 0 Å². The summed E-state index contributed by atoms with van der Waals surface area (Å²) in [5.74, 6) is 1.50. The maximum absolute atomic E-state index is 13.5. The van der Waals surface area contributed by atoms with Crippen molar-refractivity contribution in [2.24, 2.45) is 0 Å². The van der Waals surface area contributed by atoms with E-state index in [4.69, 9.17) is 9.47 Å². The van der Waals surface area contributed by atoms with Crippen LogP contribution < -0.4 is 14.8 Å². The van der Waals surface area contributed by atoms with Crippen LogP contribution in [0.2, 0.25) is 0 Å². The van der Waals surface area contributed by atoms with Gasteiger partial charge < -0.3 is 14.8 Å². The Labute approximate surface area is 175 Å². The second-order valence-corrected chi connectivity index (χ2v) is 8.69. The SMILES string of the molecule is C=CCC1(C)C(=O)C(C)(C)Nc2c1cc(-c1cccc3ncccc13)c1c2OCO1. The highest BCUT2D eigenvalue weighted by Gasteiger charge is 2.50. The zero-order chi connectivity index (χ0) is 21.1. The van der Waals surface area contributed by atoms with Crippen molar-refractivity contribution in [3.8, 4) is 22.6 Å². The molecule has 5 heteroatoms. The molecule has 0 saturated carbocycles. The number of anilines is 1. The van der Waals surface area contributed by atoms with Crippen LogP contribution in [0.3, 0.4) is 0 Å². The Balaban J connectivity index is 1.85. The van der Waals surface area contributed by atoms with Gasteiger partial charge in [-0.3, -0.25) is 9.78 Å². The minimum absolute atomic E-state index is 0.131. The first-order chi connectivity index (χ1) is 14.4. The van der Waals surface area contributed by atoms with E-state index in [9.17, 15) is 4.79 Å². The summed E-state index contributed by atoms with van der Waals surface area (Å²) in [6, 6.07) is 12.1. The van der Waals surface area contributed by atoms with Crippen molar-refractivity contribution < 1.29 is 14.3 Å². The Morgan fingerprint density at radius 2 is 1.93 bits per heavy atom. The van der Waals surface area contributed by atoms with Gasteiger partial charge in [0, 0.05) is 17.1 Å². The fraction of sp³-hybridized carbons (Fsp3) is 0.280. The summed E-state index contributed by atoms with van der Waals surface area (Å²) in [5, 5.41) is 4.44. The van der Waals surface area contributed by atoms with Crippen LogP contribution in [-0.4, -0.2) is 23.1 Å². The molecule has 1 aromatic heterocycles. The Bertz CT molecular complexity index is 1210. The summed E-state index contributed by atoms with van der Waals surface area (Å²) in [5.41, 5.74) is 3.11. The third-order valence-corrected chi connectivity index (χ3v) is 6.23. The summed E-state index contributed by atoms with van der Waals surface area (Å²) in [6.45, 7) is 9.87. The lowest BCUT2D eigenvalue weighted by atomic mass is 9.66. The number of allylic oxidation sites excluding steroid dienone is 1.